The molecule has 3 aromatic rings. The van der Waals surface area contributed by atoms with Gasteiger partial charge in [0.25, 0.3) is 0 Å². The fraction of sp³-hybridized carbons (Fsp3) is 0.176. The Morgan fingerprint density at radius 1 is 1.09 bits per heavy atom. The van der Waals surface area contributed by atoms with Crippen molar-refractivity contribution in [3.05, 3.63) is 65.6 Å². The number of nitrogens with zero attached hydrogens (tertiary/aromatic N) is 4. The van der Waals surface area contributed by atoms with Crippen LogP contribution in [0.25, 0.3) is 11.3 Å². The quantitative estimate of drug-likeness (QED) is 0.701. The van der Waals surface area contributed by atoms with Gasteiger partial charge in [0.15, 0.2) is 0 Å². The number of nitrogens with one attached hydrogen (secondary N) is 1. The first kappa shape index (κ1) is 15.4. The minimum absolute atomic E-state index is 0.522. The Morgan fingerprint density at radius 2 is 2.04 bits per heavy atom. The monoisotopic (exact) mass is 325 g/mol. The molecule has 0 aliphatic carbocycles. The summed E-state index contributed by atoms with van der Waals surface area (Å²) in [6.07, 6.45) is 7.23. The van der Waals surface area contributed by atoms with Gasteiger partial charge in [0.2, 0.25) is 5.95 Å². The Kier molecular flexibility index (Phi) is 5.11. The number of aromatic nitrogens is 4. The van der Waals surface area contributed by atoms with Gasteiger partial charge in [-0.05, 0) is 36.6 Å². The Morgan fingerprint density at radius 3 is 2.87 bits per heavy atom. The maximum Gasteiger partial charge on any atom is 0.243 e. The molecule has 23 heavy (non-hydrogen) atoms. The van der Waals surface area contributed by atoms with E-state index in [1.807, 2.05) is 36.5 Å². The highest BCUT2D eigenvalue weighted by molar-refractivity contribution is 6.30. The first-order valence-corrected chi connectivity index (χ1v) is 7.77. The van der Waals surface area contributed by atoms with Gasteiger partial charge in [0, 0.05) is 29.5 Å². The number of rotatable bonds is 6. The van der Waals surface area contributed by atoms with Crippen LogP contribution in [0.2, 0.25) is 5.02 Å². The van der Waals surface area contributed by atoms with E-state index in [-0.39, 0.29) is 0 Å². The molecule has 1 aromatic carbocycles. The largest absolute Gasteiger partial charge is 0.353 e. The highest BCUT2D eigenvalue weighted by Gasteiger charge is 2.04. The van der Waals surface area contributed by atoms with E-state index < -0.39 is 0 Å². The Bertz CT molecular complexity index is 764. The number of pyridine rings is 1. The van der Waals surface area contributed by atoms with E-state index in [0.29, 0.717) is 11.0 Å². The molecule has 2 heterocycles. The fourth-order valence-corrected chi connectivity index (χ4v) is 2.39. The molecule has 2 aromatic heterocycles. The number of halogens is 1. The molecule has 0 atom stereocenters. The first-order valence-electron chi connectivity index (χ1n) is 7.40. The van der Waals surface area contributed by atoms with Crippen molar-refractivity contribution in [3.8, 4) is 11.3 Å². The lowest BCUT2D eigenvalue weighted by atomic mass is 10.1. The summed E-state index contributed by atoms with van der Waals surface area (Å²) in [5.41, 5.74) is 2.89. The molecule has 0 aliphatic rings. The van der Waals surface area contributed by atoms with Crippen LogP contribution >= 0.6 is 11.6 Å². The van der Waals surface area contributed by atoms with Crippen molar-refractivity contribution >= 4 is 17.5 Å². The molecule has 0 radical (unpaired) electrons. The summed E-state index contributed by atoms with van der Waals surface area (Å²) in [5, 5.41) is 11.9. The summed E-state index contributed by atoms with van der Waals surface area (Å²) in [4.78, 5) is 8.58. The highest BCUT2D eigenvalue weighted by Crippen LogP contribution is 2.20. The van der Waals surface area contributed by atoms with E-state index in [0.717, 1.165) is 30.6 Å². The van der Waals surface area contributed by atoms with Crippen LogP contribution in [0, 0.1) is 0 Å². The van der Waals surface area contributed by atoms with Gasteiger partial charge in [0.05, 0.1) is 11.9 Å². The van der Waals surface area contributed by atoms with Crippen molar-refractivity contribution in [3.63, 3.8) is 0 Å². The fourth-order valence-electron chi connectivity index (χ4n) is 2.20. The minimum atomic E-state index is 0.522. The van der Waals surface area contributed by atoms with Gasteiger partial charge in [-0.3, -0.25) is 4.98 Å². The summed E-state index contributed by atoms with van der Waals surface area (Å²) in [6, 6.07) is 11.5. The van der Waals surface area contributed by atoms with Crippen LogP contribution in [0.4, 0.5) is 5.95 Å². The van der Waals surface area contributed by atoms with Crippen LogP contribution in [0.5, 0.6) is 0 Å². The van der Waals surface area contributed by atoms with Crippen molar-refractivity contribution < 1.29 is 0 Å². The molecule has 0 unspecified atom stereocenters. The third kappa shape index (κ3) is 4.47. The highest BCUT2D eigenvalue weighted by atomic mass is 35.5. The molecule has 6 heteroatoms. The lowest BCUT2D eigenvalue weighted by Gasteiger charge is -2.06. The van der Waals surface area contributed by atoms with Gasteiger partial charge >= 0.3 is 0 Å². The van der Waals surface area contributed by atoms with Crippen molar-refractivity contribution in [2.24, 2.45) is 0 Å². The van der Waals surface area contributed by atoms with E-state index in [2.05, 4.69) is 31.5 Å². The predicted molar refractivity (Wildman–Crippen MR) is 91.3 cm³/mol. The summed E-state index contributed by atoms with van der Waals surface area (Å²) >= 11 is 6.01. The Labute approximate surface area is 139 Å². The number of benzene rings is 1. The van der Waals surface area contributed by atoms with Gasteiger partial charge in [-0.2, -0.15) is 5.10 Å². The molecule has 5 nitrogen and oxygen atoms in total. The maximum absolute atomic E-state index is 6.01. The molecule has 3 rings (SSSR count). The van der Waals surface area contributed by atoms with Crippen molar-refractivity contribution in [1.29, 1.82) is 0 Å². The standard InChI is InChI=1S/C17H16ClN5/c18-15-7-1-6-14(10-15)16-12-21-23-17(22-16)20-9-3-5-13-4-2-8-19-11-13/h1-2,4,6-8,10-12H,3,5,9H2,(H,20,22,23). The number of hydrogen-bond donors (Lipinski definition) is 1. The van der Waals surface area contributed by atoms with Crippen LogP contribution in [-0.2, 0) is 6.42 Å². The lowest BCUT2D eigenvalue weighted by Crippen LogP contribution is -2.07. The average Bonchev–Trinajstić information content (AvgIpc) is 2.60. The predicted octanol–water partition coefficient (Wildman–Crippen LogP) is 3.63. The second kappa shape index (κ2) is 7.65. The van der Waals surface area contributed by atoms with Gasteiger partial charge < -0.3 is 5.32 Å². The van der Waals surface area contributed by atoms with Crippen LogP contribution in [0.3, 0.4) is 0 Å². The van der Waals surface area contributed by atoms with E-state index in [4.69, 9.17) is 11.6 Å². The number of aryl methyl sites for hydroxylation is 1. The molecular weight excluding hydrogens is 310 g/mol. The molecule has 0 bridgehead atoms. The lowest BCUT2D eigenvalue weighted by molar-refractivity contribution is 0.839. The number of hydrogen-bond acceptors (Lipinski definition) is 5. The summed E-state index contributed by atoms with van der Waals surface area (Å²) in [5.74, 6) is 0.522. The summed E-state index contributed by atoms with van der Waals surface area (Å²) < 4.78 is 0. The van der Waals surface area contributed by atoms with E-state index in [1.54, 1.807) is 12.4 Å². The third-order valence-corrected chi connectivity index (χ3v) is 3.56. The van der Waals surface area contributed by atoms with Gasteiger partial charge in [0.1, 0.15) is 0 Å². The topological polar surface area (TPSA) is 63.6 Å². The second-order valence-corrected chi connectivity index (χ2v) is 5.50. The van der Waals surface area contributed by atoms with E-state index >= 15 is 0 Å². The van der Waals surface area contributed by atoms with Crippen molar-refractivity contribution in [2.45, 2.75) is 12.8 Å². The Balaban J connectivity index is 1.58. The van der Waals surface area contributed by atoms with Crippen LogP contribution in [-0.4, -0.2) is 26.7 Å². The van der Waals surface area contributed by atoms with E-state index in [9.17, 15) is 0 Å². The normalized spacial score (nSPS) is 10.5. The van der Waals surface area contributed by atoms with Gasteiger partial charge in [-0.25, -0.2) is 4.98 Å². The smallest absolute Gasteiger partial charge is 0.243 e. The molecule has 0 saturated carbocycles. The number of anilines is 1. The molecule has 0 amide bonds. The Hall–Kier alpha value is -2.53. The average molecular weight is 326 g/mol. The van der Waals surface area contributed by atoms with Crippen LogP contribution in [0.1, 0.15) is 12.0 Å². The van der Waals surface area contributed by atoms with Crippen molar-refractivity contribution in [2.75, 3.05) is 11.9 Å². The SMILES string of the molecule is Clc1cccc(-c2cnnc(NCCCc3cccnc3)n2)c1. The van der Waals surface area contributed by atoms with Gasteiger partial charge in [-0.15, -0.1) is 5.10 Å². The molecule has 0 spiro atoms. The van der Waals surface area contributed by atoms with E-state index in [1.165, 1.54) is 5.56 Å². The zero-order valence-corrected chi connectivity index (χ0v) is 13.2. The zero-order chi connectivity index (χ0) is 15.9. The van der Waals surface area contributed by atoms with Crippen molar-refractivity contribution in [1.82, 2.24) is 20.2 Å². The molecule has 0 aliphatic heterocycles. The maximum atomic E-state index is 6.01. The molecule has 0 fully saturated rings. The molecule has 116 valence electrons. The summed E-state index contributed by atoms with van der Waals surface area (Å²) in [6.45, 7) is 0.773. The molecule has 0 saturated heterocycles. The minimum Gasteiger partial charge on any atom is -0.353 e. The molecule has 1 N–H and O–H groups in total. The zero-order valence-electron chi connectivity index (χ0n) is 12.5. The van der Waals surface area contributed by atoms with Crippen LogP contribution < -0.4 is 5.32 Å². The summed E-state index contributed by atoms with van der Waals surface area (Å²) in [7, 11) is 0. The third-order valence-electron chi connectivity index (χ3n) is 3.33. The second-order valence-electron chi connectivity index (χ2n) is 5.07. The van der Waals surface area contributed by atoms with Gasteiger partial charge in [-0.1, -0.05) is 29.8 Å². The van der Waals surface area contributed by atoms with Crippen LogP contribution in [0.15, 0.2) is 55.0 Å². The first-order chi connectivity index (χ1) is 11.3. The molecular formula is C17H16ClN5.